The third-order valence-electron chi connectivity index (χ3n) is 4.07. The Hall–Kier alpha value is -2.28. The number of benzene rings is 2. The summed E-state index contributed by atoms with van der Waals surface area (Å²) in [7, 11) is 0. The van der Waals surface area contributed by atoms with Gasteiger partial charge in [-0.25, -0.2) is 0 Å². The molecule has 0 saturated carbocycles. The largest absolute Gasteiger partial charge is 0.457 e. The maximum Gasteiger partial charge on any atom is 0.131 e. The van der Waals surface area contributed by atoms with E-state index < -0.39 is 0 Å². The number of allylic oxidation sites excluding steroid dienone is 4. The summed E-state index contributed by atoms with van der Waals surface area (Å²) in [6.07, 6.45) is 10.3. The molecule has 0 spiro atoms. The van der Waals surface area contributed by atoms with Gasteiger partial charge in [-0.05, 0) is 63.8 Å². The highest BCUT2D eigenvalue weighted by Crippen LogP contribution is 2.32. The number of hydrogen-bond acceptors (Lipinski definition) is 1. The van der Waals surface area contributed by atoms with E-state index in [1.807, 2.05) is 0 Å². The fraction of sp³-hybridized carbons (Fsp3) is 0.273. The van der Waals surface area contributed by atoms with E-state index in [0.29, 0.717) is 0 Å². The SMILES string of the molecule is CC=CCc1c(C)cccc1Oc1cccc(C)c1CC=CC. The van der Waals surface area contributed by atoms with Crippen LogP contribution in [0.3, 0.4) is 0 Å². The molecule has 0 fully saturated rings. The van der Waals surface area contributed by atoms with Gasteiger partial charge in [0.15, 0.2) is 0 Å². The second kappa shape index (κ2) is 8.38. The average molecular weight is 306 g/mol. The van der Waals surface area contributed by atoms with Crippen molar-refractivity contribution < 1.29 is 4.74 Å². The van der Waals surface area contributed by atoms with E-state index in [1.165, 1.54) is 22.3 Å². The van der Waals surface area contributed by atoms with Gasteiger partial charge in [-0.2, -0.15) is 0 Å². The monoisotopic (exact) mass is 306 g/mol. The van der Waals surface area contributed by atoms with Gasteiger partial charge in [0, 0.05) is 11.1 Å². The molecule has 0 aliphatic carbocycles. The van der Waals surface area contributed by atoms with E-state index in [0.717, 1.165) is 24.3 Å². The van der Waals surface area contributed by atoms with Crippen LogP contribution in [0.2, 0.25) is 0 Å². The van der Waals surface area contributed by atoms with Crippen LogP contribution in [0, 0.1) is 13.8 Å². The van der Waals surface area contributed by atoms with E-state index >= 15 is 0 Å². The van der Waals surface area contributed by atoms with Crippen LogP contribution in [0.1, 0.15) is 36.1 Å². The maximum absolute atomic E-state index is 6.33. The molecule has 0 atom stereocenters. The van der Waals surface area contributed by atoms with Crippen LogP contribution in [-0.4, -0.2) is 0 Å². The highest BCUT2D eigenvalue weighted by atomic mass is 16.5. The molecule has 2 aromatic carbocycles. The lowest BCUT2D eigenvalue weighted by Crippen LogP contribution is -1.98. The van der Waals surface area contributed by atoms with Crippen molar-refractivity contribution in [1.29, 1.82) is 0 Å². The first-order valence-corrected chi connectivity index (χ1v) is 8.24. The molecule has 0 bridgehead atoms. The zero-order valence-corrected chi connectivity index (χ0v) is 14.6. The molecule has 0 saturated heterocycles. The fourth-order valence-electron chi connectivity index (χ4n) is 2.65. The number of rotatable bonds is 6. The molecule has 0 amide bonds. The van der Waals surface area contributed by atoms with E-state index in [-0.39, 0.29) is 0 Å². The Bertz CT molecular complexity index is 646. The van der Waals surface area contributed by atoms with E-state index in [4.69, 9.17) is 4.74 Å². The summed E-state index contributed by atoms with van der Waals surface area (Å²) >= 11 is 0. The van der Waals surface area contributed by atoms with Crippen LogP contribution in [-0.2, 0) is 12.8 Å². The standard InChI is InChI=1S/C22H26O/c1-5-7-13-19-17(3)11-9-15-21(19)23-22-16-10-12-18(4)20(22)14-8-6-2/h5-12,15-16H,13-14H2,1-4H3. The molecule has 0 radical (unpaired) electrons. The molecule has 1 heteroatoms. The number of aryl methyl sites for hydroxylation is 2. The van der Waals surface area contributed by atoms with Crippen LogP contribution in [0.15, 0.2) is 60.7 Å². The summed E-state index contributed by atoms with van der Waals surface area (Å²) in [4.78, 5) is 0. The third-order valence-corrected chi connectivity index (χ3v) is 4.07. The Labute approximate surface area is 140 Å². The molecule has 0 aromatic heterocycles. The Morgan fingerprint density at radius 3 is 1.57 bits per heavy atom. The van der Waals surface area contributed by atoms with Gasteiger partial charge in [0.05, 0.1) is 0 Å². The molecular formula is C22H26O. The molecule has 0 aliphatic heterocycles. The summed E-state index contributed by atoms with van der Waals surface area (Å²) < 4.78 is 6.33. The van der Waals surface area contributed by atoms with E-state index in [2.05, 4.69) is 88.4 Å². The van der Waals surface area contributed by atoms with Crippen molar-refractivity contribution in [3.63, 3.8) is 0 Å². The number of ether oxygens (including phenoxy) is 1. The van der Waals surface area contributed by atoms with Crippen molar-refractivity contribution in [1.82, 2.24) is 0 Å². The quantitative estimate of drug-likeness (QED) is 0.566. The zero-order chi connectivity index (χ0) is 16.7. The molecular weight excluding hydrogens is 280 g/mol. The maximum atomic E-state index is 6.33. The highest BCUT2D eigenvalue weighted by Gasteiger charge is 2.10. The molecule has 0 aliphatic rings. The van der Waals surface area contributed by atoms with Crippen LogP contribution in [0.5, 0.6) is 11.5 Å². The third kappa shape index (κ3) is 4.35. The number of hydrogen-bond donors (Lipinski definition) is 0. The molecule has 120 valence electrons. The minimum atomic E-state index is 0.897. The predicted molar refractivity (Wildman–Crippen MR) is 99.5 cm³/mol. The van der Waals surface area contributed by atoms with Gasteiger partial charge in [0.25, 0.3) is 0 Å². The summed E-state index contributed by atoms with van der Waals surface area (Å²) in [5.41, 5.74) is 5.04. The van der Waals surface area contributed by atoms with Crippen LogP contribution in [0.25, 0.3) is 0 Å². The topological polar surface area (TPSA) is 9.23 Å². The van der Waals surface area contributed by atoms with Gasteiger partial charge in [0.1, 0.15) is 11.5 Å². The molecule has 2 rings (SSSR count). The second-order valence-electron chi connectivity index (χ2n) is 5.75. The summed E-state index contributed by atoms with van der Waals surface area (Å²) in [6.45, 7) is 8.38. The van der Waals surface area contributed by atoms with E-state index in [9.17, 15) is 0 Å². The lowest BCUT2D eigenvalue weighted by molar-refractivity contribution is 0.471. The Balaban J connectivity index is 2.40. The minimum absolute atomic E-state index is 0.897. The van der Waals surface area contributed by atoms with Crippen molar-refractivity contribution in [3.05, 3.63) is 83.0 Å². The smallest absolute Gasteiger partial charge is 0.131 e. The normalized spacial score (nSPS) is 11.5. The molecule has 1 nitrogen and oxygen atoms in total. The van der Waals surface area contributed by atoms with Crippen LogP contribution in [0.4, 0.5) is 0 Å². The molecule has 2 aromatic rings. The molecule has 23 heavy (non-hydrogen) atoms. The minimum Gasteiger partial charge on any atom is -0.457 e. The summed E-state index contributed by atoms with van der Waals surface area (Å²) in [6, 6.07) is 12.5. The van der Waals surface area contributed by atoms with Gasteiger partial charge in [-0.3, -0.25) is 0 Å². The van der Waals surface area contributed by atoms with Crippen molar-refractivity contribution in [2.24, 2.45) is 0 Å². The zero-order valence-electron chi connectivity index (χ0n) is 14.6. The average Bonchev–Trinajstić information content (AvgIpc) is 2.54. The van der Waals surface area contributed by atoms with Gasteiger partial charge in [-0.15, -0.1) is 0 Å². The summed E-state index contributed by atoms with van der Waals surface area (Å²) in [5, 5.41) is 0. The van der Waals surface area contributed by atoms with Crippen LogP contribution < -0.4 is 4.74 Å². The Morgan fingerprint density at radius 2 is 1.17 bits per heavy atom. The van der Waals surface area contributed by atoms with E-state index in [1.54, 1.807) is 0 Å². The molecule has 0 heterocycles. The van der Waals surface area contributed by atoms with Crippen molar-refractivity contribution in [2.75, 3.05) is 0 Å². The lowest BCUT2D eigenvalue weighted by Gasteiger charge is -2.16. The lowest BCUT2D eigenvalue weighted by atomic mass is 10.0. The van der Waals surface area contributed by atoms with Crippen molar-refractivity contribution in [3.8, 4) is 11.5 Å². The predicted octanol–water partition coefficient (Wildman–Crippen LogP) is 6.33. The first kappa shape index (κ1) is 17.1. The fourth-order valence-corrected chi connectivity index (χ4v) is 2.65. The summed E-state index contributed by atoms with van der Waals surface area (Å²) in [5.74, 6) is 1.91. The van der Waals surface area contributed by atoms with Crippen molar-refractivity contribution in [2.45, 2.75) is 40.5 Å². The highest BCUT2D eigenvalue weighted by molar-refractivity contribution is 5.47. The first-order chi connectivity index (χ1) is 11.2. The Morgan fingerprint density at radius 1 is 0.739 bits per heavy atom. The Kier molecular flexibility index (Phi) is 6.22. The van der Waals surface area contributed by atoms with Gasteiger partial charge >= 0.3 is 0 Å². The van der Waals surface area contributed by atoms with Crippen molar-refractivity contribution >= 4 is 0 Å². The van der Waals surface area contributed by atoms with Gasteiger partial charge in [0.2, 0.25) is 0 Å². The van der Waals surface area contributed by atoms with Crippen LogP contribution >= 0.6 is 0 Å². The molecule has 0 unspecified atom stereocenters. The van der Waals surface area contributed by atoms with Gasteiger partial charge in [-0.1, -0.05) is 48.6 Å². The van der Waals surface area contributed by atoms with Gasteiger partial charge < -0.3 is 4.74 Å². The second-order valence-corrected chi connectivity index (χ2v) is 5.75. The first-order valence-electron chi connectivity index (χ1n) is 8.24. The molecule has 0 N–H and O–H groups in total.